The summed E-state index contributed by atoms with van der Waals surface area (Å²) in [6, 6.07) is 26.3. The average molecular weight is 743 g/mol. The maximum Gasteiger partial charge on any atom is 0.264 e. The third-order valence-corrected chi connectivity index (χ3v) is 10.9. The molecule has 0 aliphatic carbocycles. The molecule has 0 heterocycles. The van der Waals surface area contributed by atoms with Crippen molar-refractivity contribution in [3.63, 3.8) is 0 Å². The highest BCUT2D eigenvalue weighted by Crippen LogP contribution is 2.30. The molecular weight excluding hydrogens is 701 g/mol. The number of amides is 2. The van der Waals surface area contributed by atoms with E-state index in [0.717, 1.165) is 14.8 Å². The number of halogens is 2. The van der Waals surface area contributed by atoms with Gasteiger partial charge < -0.3 is 15.0 Å². The van der Waals surface area contributed by atoms with Gasteiger partial charge in [-0.15, -0.1) is 11.8 Å². The van der Waals surface area contributed by atoms with Crippen LogP contribution in [0.2, 0.25) is 10.0 Å². The van der Waals surface area contributed by atoms with Gasteiger partial charge in [0.2, 0.25) is 11.8 Å². The standard InChI is InChI=1S/C37H41Cl2N3O5S2/c1-5-47-29-16-14-28(15-17-29)42(49(45,46)31-20-18-30(48-4)19-21-31)25-36(43)41(24-32-33(38)12-9-13-34(32)39)35(37(44)40-23-26(2)3)22-27-10-7-6-8-11-27/h6-21,26,35H,5,22-25H2,1-4H3,(H,40,44)/t35-/m1/s1. The topological polar surface area (TPSA) is 96.0 Å². The van der Waals surface area contributed by atoms with Crippen molar-refractivity contribution in [3.05, 3.63) is 118 Å². The minimum absolute atomic E-state index is 0.0168. The fraction of sp³-hybridized carbons (Fsp3) is 0.297. The second-order valence-corrected chi connectivity index (χ2v) is 15.2. The van der Waals surface area contributed by atoms with E-state index in [1.165, 1.54) is 28.8 Å². The molecule has 4 aromatic carbocycles. The minimum atomic E-state index is -4.27. The van der Waals surface area contributed by atoms with E-state index in [2.05, 4.69) is 5.32 Å². The first kappa shape index (κ1) is 38.1. The van der Waals surface area contributed by atoms with Crippen molar-refractivity contribution < 1.29 is 22.7 Å². The van der Waals surface area contributed by atoms with Crippen LogP contribution in [0.15, 0.2) is 107 Å². The van der Waals surface area contributed by atoms with Crippen molar-refractivity contribution in [3.8, 4) is 5.75 Å². The predicted octanol–water partition coefficient (Wildman–Crippen LogP) is 7.72. The number of rotatable bonds is 16. The Bertz CT molecular complexity index is 1790. The Morgan fingerprint density at radius 1 is 0.878 bits per heavy atom. The molecule has 260 valence electrons. The lowest BCUT2D eigenvalue weighted by molar-refractivity contribution is -0.140. The van der Waals surface area contributed by atoms with Crippen LogP contribution in [0.25, 0.3) is 0 Å². The maximum absolute atomic E-state index is 14.7. The summed E-state index contributed by atoms with van der Waals surface area (Å²) in [6.07, 6.45) is 2.07. The van der Waals surface area contributed by atoms with Gasteiger partial charge in [0.1, 0.15) is 18.3 Å². The van der Waals surface area contributed by atoms with Crippen molar-refractivity contribution in [2.75, 3.05) is 30.3 Å². The van der Waals surface area contributed by atoms with Crippen molar-refractivity contribution in [1.82, 2.24) is 10.2 Å². The van der Waals surface area contributed by atoms with Gasteiger partial charge in [0.15, 0.2) is 0 Å². The molecule has 0 aliphatic heterocycles. The Morgan fingerprint density at radius 2 is 1.51 bits per heavy atom. The number of sulfonamides is 1. The zero-order valence-corrected chi connectivity index (χ0v) is 31.1. The molecule has 4 rings (SSSR count). The fourth-order valence-electron chi connectivity index (χ4n) is 5.11. The normalized spacial score (nSPS) is 12.0. The second kappa shape index (κ2) is 17.8. The predicted molar refractivity (Wildman–Crippen MR) is 199 cm³/mol. The monoisotopic (exact) mass is 741 g/mol. The van der Waals surface area contributed by atoms with Crippen molar-refractivity contribution in [2.24, 2.45) is 5.92 Å². The van der Waals surface area contributed by atoms with Gasteiger partial charge in [-0.25, -0.2) is 8.42 Å². The largest absolute Gasteiger partial charge is 0.494 e. The molecule has 0 saturated heterocycles. The number of hydrogen-bond donors (Lipinski definition) is 1. The maximum atomic E-state index is 14.7. The molecule has 49 heavy (non-hydrogen) atoms. The highest BCUT2D eigenvalue weighted by molar-refractivity contribution is 7.98. The molecule has 1 N–H and O–H groups in total. The van der Waals surface area contributed by atoms with Crippen molar-refractivity contribution in [2.45, 2.75) is 49.6 Å². The van der Waals surface area contributed by atoms with Crippen LogP contribution < -0.4 is 14.4 Å². The Labute approximate surface area is 303 Å². The van der Waals surface area contributed by atoms with Crippen molar-refractivity contribution >= 4 is 62.5 Å². The highest BCUT2D eigenvalue weighted by Gasteiger charge is 2.35. The van der Waals surface area contributed by atoms with E-state index in [9.17, 15) is 18.0 Å². The lowest BCUT2D eigenvalue weighted by Gasteiger charge is -2.34. The SMILES string of the molecule is CCOc1ccc(N(CC(=O)N(Cc2c(Cl)cccc2Cl)[C@H](Cc2ccccc2)C(=O)NCC(C)C)S(=O)(=O)c2ccc(SC)cc2)cc1. The second-order valence-electron chi connectivity index (χ2n) is 11.7. The molecule has 0 radical (unpaired) electrons. The zero-order chi connectivity index (χ0) is 35.6. The van der Waals surface area contributed by atoms with E-state index in [-0.39, 0.29) is 35.4 Å². The summed E-state index contributed by atoms with van der Waals surface area (Å²) < 4.78 is 35.3. The lowest BCUT2D eigenvalue weighted by atomic mass is 10.0. The summed E-state index contributed by atoms with van der Waals surface area (Å²) >= 11 is 14.7. The number of anilines is 1. The molecule has 0 aromatic heterocycles. The number of carbonyl (C=O) groups excluding carboxylic acids is 2. The van der Waals surface area contributed by atoms with Gasteiger partial charge in [0.25, 0.3) is 10.0 Å². The van der Waals surface area contributed by atoms with Crippen LogP contribution in [0.5, 0.6) is 5.75 Å². The van der Waals surface area contributed by atoms with E-state index < -0.39 is 28.5 Å². The smallest absolute Gasteiger partial charge is 0.264 e. The molecule has 4 aromatic rings. The lowest BCUT2D eigenvalue weighted by Crippen LogP contribution is -2.53. The average Bonchev–Trinajstić information content (AvgIpc) is 3.09. The number of carbonyl (C=O) groups is 2. The number of benzene rings is 4. The van der Waals surface area contributed by atoms with Crippen LogP contribution in [0.4, 0.5) is 5.69 Å². The van der Waals surface area contributed by atoms with Gasteiger partial charge in [0.05, 0.1) is 17.2 Å². The molecule has 0 bridgehead atoms. The third kappa shape index (κ3) is 10.2. The Balaban J connectivity index is 1.83. The van der Waals surface area contributed by atoms with Gasteiger partial charge in [-0.2, -0.15) is 0 Å². The summed E-state index contributed by atoms with van der Waals surface area (Å²) in [5.74, 6) is -0.285. The van der Waals surface area contributed by atoms with Gasteiger partial charge in [-0.1, -0.05) is 73.4 Å². The van der Waals surface area contributed by atoms with Gasteiger partial charge in [-0.05, 0) is 85.3 Å². The van der Waals surface area contributed by atoms with Crippen LogP contribution >= 0.6 is 35.0 Å². The first-order valence-corrected chi connectivity index (χ1v) is 19.3. The summed E-state index contributed by atoms with van der Waals surface area (Å²) in [4.78, 5) is 31.0. The number of hydrogen-bond acceptors (Lipinski definition) is 6. The Kier molecular flexibility index (Phi) is 13.8. The van der Waals surface area contributed by atoms with E-state index >= 15 is 0 Å². The molecule has 8 nitrogen and oxygen atoms in total. The summed E-state index contributed by atoms with van der Waals surface area (Å²) in [6.45, 7) is 5.88. The Hall–Kier alpha value is -3.70. The molecule has 2 amide bonds. The number of nitrogens with zero attached hydrogens (tertiary/aromatic N) is 2. The molecule has 0 aliphatic rings. The number of nitrogens with one attached hydrogen (secondary N) is 1. The van der Waals surface area contributed by atoms with Crippen LogP contribution in [-0.4, -0.2) is 57.1 Å². The summed E-state index contributed by atoms with van der Waals surface area (Å²) in [5.41, 5.74) is 1.52. The van der Waals surface area contributed by atoms with E-state index in [0.29, 0.717) is 34.5 Å². The first-order chi connectivity index (χ1) is 23.4. The molecule has 0 spiro atoms. The van der Waals surface area contributed by atoms with Crippen LogP contribution in [0, 0.1) is 5.92 Å². The molecule has 0 saturated carbocycles. The van der Waals surface area contributed by atoms with Crippen molar-refractivity contribution in [1.29, 1.82) is 0 Å². The summed E-state index contributed by atoms with van der Waals surface area (Å²) in [5, 5.41) is 3.61. The molecule has 0 fully saturated rings. The van der Waals surface area contributed by atoms with Crippen LogP contribution in [0.1, 0.15) is 31.9 Å². The Morgan fingerprint density at radius 3 is 2.08 bits per heavy atom. The number of ether oxygens (including phenoxy) is 1. The van der Waals surface area contributed by atoms with Crippen LogP contribution in [0.3, 0.4) is 0 Å². The third-order valence-electron chi connectivity index (χ3n) is 7.71. The van der Waals surface area contributed by atoms with E-state index in [1.54, 1.807) is 54.6 Å². The molecule has 0 unspecified atom stereocenters. The van der Waals surface area contributed by atoms with Gasteiger partial charge in [0, 0.05) is 40.0 Å². The fourth-order valence-corrected chi connectivity index (χ4v) is 7.45. The number of thioether (sulfide) groups is 1. The zero-order valence-electron chi connectivity index (χ0n) is 27.9. The summed E-state index contributed by atoms with van der Waals surface area (Å²) in [7, 11) is -4.27. The van der Waals surface area contributed by atoms with Crippen LogP contribution in [-0.2, 0) is 32.6 Å². The molecule has 1 atom stereocenters. The molecule has 12 heteroatoms. The quantitative estimate of drug-likeness (QED) is 0.118. The van der Waals surface area contributed by atoms with E-state index in [1.807, 2.05) is 57.4 Å². The van der Waals surface area contributed by atoms with Gasteiger partial charge >= 0.3 is 0 Å². The van der Waals surface area contributed by atoms with E-state index in [4.69, 9.17) is 27.9 Å². The van der Waals surface area contributed by atoms with Gasteiger partial charge in [-0.3, -0.25) is 13.9 Å². The highest BCUT2D eigenvalue weighted by atomic mass is 35.5. The minimum Gasteiger partial charge on any atom is -0.494 e. The first-order valence-electron chi connectivity index (χ1n) is 15.9. The molecular formula is C37H41Cl2N3O5S2.